The molecule has 0 spiro atoms. The van der Waals surface area contributed by atoms with Gasteiger partial charge in [-0.2, -0.15) is 11.8 Å². The van der Waals surface area contributed by atoms with E-state index < -0.39 is 10.0 Å². The van der Waals surface area contributed by atoms with Crippen molar-refractivity contribution in [2.24, 2.45) is 0 Å². The molecule has 2 N–H and O–H groups in total. The van der Waals surface area contributed by atoms with E-state index in [-0.39, 0.29) is 10.9 Å². The summed E-state index contributed by atoms with van der Waals surface area (Å²) in [6, 6.07) is 1.42. The molecule has 1 atom stereocenters. The van der Waals surface area contributed by atoms with Gasteiger partial charge in [0.25, 0.3) is 0 Å². The summed E-state index contributed by atoms with van der Waals surface area (Å²) in [5, 5.41) is 2.96. The van der Waals surface area contributed by atoms with Gasteiger partial charge in [-0.25, -0.2) is 18.1 Å². The highest BCUT2D eigenvalue weighted by atomic mass is 79.9. The second-order valence-electron chi connectivity index (χ2n) is 4.01. The van der Waals surface area contributed by atoms with Crippen molar-refractivity contribution < 1.29 is 8.42 Å². The topological polar surface area (TPSA) is 71.1 Å². The Hall–Kier alpha value is -0.310. The van der Waals surface area contributed by atoms with E-state index in [0.29, 0.717) is 16.8 Å². The highest BCUT2D eigenvalue weighted by Gasteiger charge is 2.22. The molecule has 0 saturated heterocycles. The fourth-order valence-corrected chi connectivity index (χ4v) is 4.11. The van der Waals surface area contributed by atoms with Crippen LogP contribution in [0.15, 0.2) is 21.6 Å². The minimum Gasteiger partial charge on any atom is -0.369 e. The van der Waals surface area contributed by atoms with Crippen LogP contribution < -0.4 is 10.0 Å². The molecule has 0 aromatic carbocycles. The van der Waals surface area contributed by atoms with Gasteiger partial charge in [0, 0.05) is 29.0 Å². The molecule has 1 unspecified atom stereocenters. The van der Waals surface area contributed by atoms with Crippen molar-refractivity contribution in [1.29, 1.82) is 0 Å². The van der Waals surface area contributed by atoms with Crippen LogP contribution in [0, 0.1) is 0 Å². The van der Waals surface area contributed by atoms with Gasteiger partial charge in [-0.3, -0.25) is 0 Å². The minimum absolute atomic E-state index is 0.131. The van der Waals surface area contributed by atoms with E-state index in [2.05, 4.69) is 31.0 Å². The lowest BCUT2D eigenvalue weighted by Crippen LogP contribution is -2.34. The van der Waals surface area contributed by atoms with Gasteiger partial charge in [0.15, 0.2) is 0 Å². The molecular weight excluding hydrogens is 350 g/mol. The molecule has 5 nitrogen and oxygen atoms in total. The van der Waals surface area contributed by atoms with E-state index in [1.165, 1.54) is 0 Å². The number of rotatable bonds is 7. The number of thioether (sulfide) groups is 1. The lowest BCUT2D eigenvalue weighted by atomic mass is 10.4. The van der Waals surface area contributed by atoms with Crippen LogP contribution in [-0.2, 0) is 10.0 Å². The molecule has 19 heavy (non-hydrogen) atoms. The predicted octanol–water partition coefficient (Wildman–Crippen LogP) is 2.31. The molecule has 0 bridgehead atoms. The van der Waals surface area contributed by atoms with Crippen LogP contribution in [0.1, 0.15) is 13.8 Å². The average molecular weight is 368 g/mol. The molecule has 0 aliphatic rings. The number of hydrogen-bond donors (Lipinski definition) is 2. The molecule has 108 valence electrons. The van der Waals surface area contributed by atoms with Crippen molar-refractivity contribution in [2.75, 3.05) is 23.9 Å². The number of hydrogen-bond acceptors (Lipinski definition) is 5. The number of pyridine rings is 1. The van der Waals surface area contributed by atoms with E-state index >= 15 is 0 Å². The van der Waals surface area contributed by atoms with Gasteiger partial charge in [-0.05, 0) is 42.1 Å². The van der Waals surface area contributed by atoms with Crippen LogP contribution in [0.2, 0.25) is 0 Å². The van der Waals surface area contributed by atoms with E-state index in [0.717, 1.165) is 5.75 Å². The summed E-state index contributed by atoms with van der Waals surface area (Å²) in [4.78, 5) is 4.27. The van der Waals surface area contributed by atoms with Crippen LogP contribution in [0.5, 0.6) is 0 Å². The van der Waals surface area contributed by atoms with Crippen LogP contribution >= 0.6 is 27.7 Å². The Balaban J connectivity index is 3.08. The van der Waals surface area contributed by atoms with Crippen LogP contribution in [0.4, 0.5) is 5.82 Å². The molecule has 8 heteroatoms. The Morgan fingerprint density at radius 1 is 1.53 bits per heavy atom. The smallest absolute Gasteiger partial charge is 0.244 e. The third-order valence-electron chi connectivity index (χ3n) is 2.23. The van der Waals surface area contributed by atoms with Crippen LogP contribution in [-0.4, -0.2) is 38.0 Å². The maximum atomic E-state index is 12.3. The van der Waals surface area contributed by atoms with Gasteiger partial charge >= 0.3 is 0 Å². The normalized spacial score (nSPS) is 13.3. The SMILES string of the molecule is CCNc1ncc(Br)cc1S(=O)(=O)NC(C)CSC. The zero-order chi connectivity index (χ0) is 14.5. The Bertz CT molecular complexity index is 523. The molecule has 0 radical (unpaired) electrons. The Morgan fingerprint density at radius 3 is 2.79 bits per heavy atom. The second-order valence-corrected chi connectivity index (χ2v) is 7.52. The standard InChI is InChI=1S/C11H18BrN3O2S2/c1-4-13-11-10(5-9(12)6-14-11)19(16,17)15-8(2)7-18-3/h5-6,8,15H,4,7H2,1-3H3,(H,13,14). The zero-order valence-corrected chi connectivity index (χ0v) is 14.3. The first-order chi connectivity index (χ1) is 8.90. The molecular formula is C11H18BrN3O2S2. The van der Waals surface area contributed by atoms with Crippen molar-refractivity contribution in [1.82, 2.24) is 9.71 Å². The molecule has 0 aliphatic heterocycles. The summed E-state index contributed by atoms with van der Waals surface area (Å²) in [5.74, 6) is 1.09. The van der Waals surface area contributed by atoms with Crippen molar-refractivity contribution >= 4 is 43.5 Å². The van der Waals surface area contributed by atoms with Gasteiger partial charge in [0.05, 0.1) is 0 Å². The van der Waals surface area contributed by atoms with E-state index in [9.17, 15) is 8.42 Å². The molecule has 0 saturated carbocycles. The first-order valence-corrected chi connectivity index (χ1v) is 9.48. The second kappa shape index (κ2) is 7.47. The molecule has 0 aliphatic carbocycles. The van der Waals surface area contributed by atoms with Crippen molar-refractivity contribution in [3.05, 3.63) is 16.7 Å². The predicted molar refractivity (Wildman–Crippen MR) is 84.3 cm³/mol. The third-order valence-corrected chi connectivity index (χ3v) is 5.10. The summed E-state index contributed by atoms with van der Waals surface area (Å²) < 4.78 is 28.0. The number of nitrogens with zero attached hydrogens (tertiary/aromatic N) is 1. The molecule has 0 amide bonds. The summed E-state index contributed by atoms with van der Waals surface area (Å²) in [5.41, 5.74) is 0. The number of anilines is 1. The lowest BCUT2D eigenvalue weighted by Gasteiger charge is -2.15. The highest BCUT2D eigenvalue weighted by molar-refractivity contribution is 9.10. The number of sulfonamides is 1. The highest BCUT2D eigenvalue weighted by Crippen LogP contribution is 2.23. The number of nitrogens with one attached hydrogen (secondary N) is 2. The summed E-state index contributed by atoms with van der Waals surface area (Å²) in [6.45, 7) is 4.34. The van der Waals surface area contributed by atoms with E-state index in [4.69, 9.17) is 0 Å². The number of halogens is 1. The largest absolute Gasteiger partial charge is 0.369 e. The maximum Gasteiger partial charge on any atom is 0.244 e. The average Bonchev–Trinajstić information content (AvgIpc) is 2.31. The molecule has 1 heterocycles. The van der Waals surface area contributed by atoms with E-state index in [1.807, 2.05) is 20.1 Å². The molecule has 1 aromatic heterocycles. The van der Waals surface area contributed by atoms with Crippen molar-refractivity contribution in [2.45, 2.75) is 24.8 Å². The zero-order valence-electron chi connectivity index (χ0n) is 11.1. The quantitative estimate of drug-likeness (QED) is 0.773. The van der Waals surface area contributed by atoms with Gasteiger partial charge in [-0.1, -0.05) is 0 Å². The number of aromatic nitrogens is 1. The van der Waals surface area contributed by atoms with E-state index in [1.54, 1.807) is 24.0 Å². The lowest BCUT2D eigenvalue weighted by molar-refractivity contribution is 0.571. The summed E-state index contributed by atoms with van der Waals surface area (Å²) in [7, 11) is -3.58. The fraction of sp³-hybridized carbons (Fsp3) is 0.545. The molecule has 1 aromatic rings. The molecule has 0 fully saturated rings. The van der Waals surface area contributed by atoms with Crippen molar-refractivity contribution in [3.8, 4) is 0 Å². The Labute approximate surface area is 127 Å². The Kier molecular flexibility index (Phi) is 6.58. The third kappa shape index (κ3) is 4.94. The summed E-state index contributed by atoms with van der Waals surface area (Å²) >= 11 is 4.85. The first-order valence-electron chi connectivity index (χ1n) is 5.81. The fourth-order valence-electron chi connectivity index (χ4n) is 1.54. The van der Waals surface area contributed by atoms with Gasteiger partial charge in [0.1, 0.15) is 10.7 Å². The van der Waals surface area contributed by atoms with Gasteiger partial charge in [0.2, 0.25) is 10.0 Å². The Morgan fingerprint density at radius 2 is 2.21 bits per heavy atom. The van der Waals surface area contributed by atoms with Crippen LogP contribution in [0.3, 0.4) is 0 Å². The molecule has 1 rings (SSSR count). The van der Waals surface area contributed by atoms with Gasteiger partial charge in [-0.15, -0.1) is 0 Å². The minimum atomic E-state index is -3.58. The van der Waals surface area contributed by atoms with Gasteiger partial charge < -0.3 is 5.32 Å². The monoisotopic (exact) mass is 367 g/mol. The summed E-state index contributed by atoms with van der Waals surface area (Å²) in [6.07, 6.45) is 3.51. The van der Waals surface area contributed by atoms with Crippen molar-refractivity contribution in [3.63, 3.8) is 0 Å². The first kappa shape index (κ1) is 16.7. The van der Waals surface area contributed by atoms with Crippen LogP contribution in [0.25, 0.3) is 0 Å². The maximum absolute atomic E-state index is 12.3.